The molecule has 9 nitrogen and oxygen atoms in total. The van der Waals surface area contributed by atoms with Gasteiger partial charge in [0, 0.05) is 24.4 Å². The summed E-state index contributed by atoms with van der Waals surface area (Å²) in [6.45, 7) is 1.08. The number of fused-ring (bicyclic) bond motifs is 1. The van der Waals surface area contributed by atoms with E-state index in [1.54, 1.807) is 30.2 Å². The lowest BCUT2D eigenvalue weighted by Crippen LogP contribution is -2.49. The number of halogens is 1. The van der Waals surface area contributed by atoms with E-state index in [1.807, 2.05) is 0 Å². The fraction of sp³-hybridized carbons (Fsp3) is 0.520. The molecule has 184 valence electrons. The van der Waals surface area contributed by atoms with Gasteiger partial charge in [-0.05, 0) is 55.7 Å². The van der Waals surface area contributed by atoms with E-state index in [-0.39, 0.29) is 35.5 Å². The average Bonchev–Trinajstić information content (AvgIpc) is 3.55. The number of nitrogens with zero attached hydrogens (tertiary/aromatic N) is 2. The van der Waals surface area contributed by atoms with Crippen LogP contribution in [0.2, 0.25) is 5.02 Å². The predicted octanol–water partition coefficient (Wildman–Crippen LogP) is 2.75. The minimum Gasteiger partial charge on any atom is -0.496 e. The molecule has 3 atom stereocenters. The van der Waals surface area contributed by atoms with Crippen molar-refractivity contribution in [3.05, 3.63) is 28.9 Å². The minimum absolute atomic E-state index is 0.0630. The monoisotopic (exact) mass is 497 g/mol. The Hall–Kier alpha value is -3.25. The van der Waals surface area contributed by atoms with Crippen LogP contribution in [0.3, 0.4) is 0 Å². The van der Waals surface area contributed by atoms with E-state index in [4.69, 9.17) is 16.3 Å². The number of benzene rings is 1. The molecule has 0 bridgehead atoms. The van der Waals surface area contributed by atoms with E-state index in [9.17, 15) is 19.6 Å². The highest BCUT2D eigenvalue weighted by Crippen LogP contribution is 2.50. The second-order valence-electron chi connectivity index (χ2n) is 9.93. The molecular weight excluding hydrogens is 470 g/mol. The predicted molar refractivity (Wildman–Crippen MR) is 129 cm³/mol. The van der Waals surface area contributed by atoms with Gasteiger partial charge in [0.25, 0.3) is 5.91 Å². The molecule has 3 aliphatic rings. The Kier molecular flexibility index (Phi) is 6.09. The second-order valence-corrected chi connectivity index (χ2v) is 10.3. The van der Waals surface area contributed by atoms with Crippen LogP contribution in [-0.2, 0) is 9.59 Å². The van der Waals surface area contributed by atoms with E-state index in [2.05, 4.69) is 21.7 Å². The Bertz CT molecular complexity index is 1230. The molecule has 1 saturated carbocycles. The van der Waals surface area contributed by atoms with Crippen molar-refractivity contribution < 1.29 is 19.1 Å². The molecule has 1 aliphatic carbocycles. The first-order chi connectivity index (χ1) is 16.8. The maximum atomic E-state index is 13.7. The van der Waals surface area contributed by atoms with E-state index >= 15 is 0 Å². The van der Waals surface area contributed by atoms with Crippen molar-refractivity contribution in [1.29, 1.82) is 5.26 Å². The average molecular weight is 498 g/mol. The Balaban J connectivity index is 1.38. The van der Waals surface area contributed by atoms with Gasteiger partial charge in [-0.2, -0.15) is 5.26 Å². The van der Waals surface area contributed by atoms with Crippen LogP contribution in [0.4, 0.5) is 0 Å². The van der Waals surface area contributed by atoms with Gasteiger partial charge in [-0.15, -0.1) is 0 Å². The maximum Gasteiger partial charge on any atom is 0.271 e. The van der Waals surface area contributed by atoms with E-state index < -0.39 is 12.1 Å². The lowest BCUT2D eigenvalue weighted by Gasteiger charge is -2.37. The van der Waals surface area contributed by atoms with Crippen LogP contribution >= 0.6 is 11.6 Å². The molecule has 2 aromatic rings. The summed E-state index contributed by atoms with van der Waals surface area (Å²) < 4.78 is 5.41. The van der Waals surface area contributed by atoms with Crippen LogP contribution in [0.5, 0.6) is 5.75 Å². The van der Waals surface area contributed by atoms with Gasteiger partial charge < -0.3 is 25.3 Å². The van der Waals surface area contributed by atoms with Gasteiger partial charge in [0.05, 0.1) is 23.7 Å². The highest BCUT2D eigenvalue weighted by Gasteiger charge is 2.52. The normalized spacial score (nSPS) is 23.6. The number of amides is 3. The third-order valence-electron chi connectivity index (χ3n) is 7.79. The number of aromatic nitrogens is 1. The molecule has 3 heterocycles. The van der Waals surface area contributed by atoms with Gasteiger partial charge >= 0.3 is 0 Å². The molecular formula is C25H28ClN5O4. The van der Waals surface area contributed by atoms with E-state index in [0.717, 1.165) is 19.3 Å². The number of rotatable bonds is 6. The number of hydrogen-bond acceptors (Lipinski definition) is 5. The summed E-state index contributed by atoms with van der Waals surface area (Å²) in [5.41, 5.74) is 0.874. The molecule has 3 N–H and O–H groups in total. The number of nitriles is 1. The number of methoxy groups -OCH3 is 1. The molecule has 0 radical (unpaired) electrons. The van der Waals surface area contributed by atoms with Crippen LogP contribution in [0.1, 0.15) is 49.0 Å². The Morgan fingerprint density at radius 2 is 2.20 bits per heavy atom. The van der Waals surface area contributed by atoms with Crippen LogP contribution in [-0.4, -0.2) is 59.9 Å². The number of aromatic amines is 1. The molecule has 5 rings (SSSR count). The first-order valence-electron chi connectivity index (χ1n) is 12.0. The first-order valence-corrected chi connectivity index (χ1v) is 12.4. The molecule has 2 saturated heterocycles. The standard InChI is InChI=1S/C25H28ClN5O4/c1-35-20-4-3-17(26)21-16(20)10-18(30-21)24(34)31-13-25(6-2-7-25)11-19(31)23(33)29-15(12-27)9-14-5-8-28-22(14)32/h3-4,10,14-15,19,30H,2,5-9,11,13H2,1H3,(H,28,32)(H,29,33)/t14-,15-,19-/m0/s1. The van der Waals surface area contributed by atoms with Gasteiger partial charge in [0.15, 0.2) is 0 Å². The highest BCUT2D eigenvalue weighted by molar-refractivity contribution is 6.35. The molecule has 0 unspecified atom stereocenters. The Labute approximate surface area is 208 Å². The fourth-order valence-electron chi connectivity index (χ4n) is 5.72. The molecule has 10 heteroatoms. The smallest absolute Gasteiger partial charge is 0.271 e. The molecule has 1 spiro atoms. The zero-order valence-corrected chi connectivity index (χ0v) is 20.3. The topological polar surface area (TPSA) is 127 Å². The third-order valence-corrected chi connectivity index (χ3v) is 8.11. The van der Waals surface area contributed by atoms with Crippen molar-refractivity contribution in [3.63, 3.8) is 0 Å². The van der Waals surface area contributed by atoms with Crippen molar-refractivity contribution >= 4 is 40.2 Å². The minimum atomic E-state index is -0.789. The summed E-state index contributed by atoms with van der Waals surface area (Å²) in [6, 6.07) is 5.80. The Morgan fingerprint density at radius 3 is 2.83 bits per heavy atom. The SMILES string of the molecule is COc1ccc(Cl)c2[nH]c(C(=O)N3CC4(CCC4)C[C@H]3C(=O)N[C@H](C#N)C[C@@H]3CCNC3=O)cc12. The van der Waals surface area contributed by atoms with Crippen LogP contribution in [0.25, 0.3) is 10.9 Å². The van der Waals surface area contributed by atoms with Crippen molar-refractivity contribution in [3.8, 4) is 11.8 Å². The van der Waals surface area contributed by atoms with Crippen molar-refractivity contribution in [1.82, 2.24) is 20.5 Å². The molecule has 1 aromatic carbocycles. The largest absolute Gasteiger partial charge is 0.496 e. The molecule has 3 fully saturated rings. The molecule has 35 heavy (non-hydrogen) atoms. The number of likely N-dealkylation sites (tertiary alicyclic amines) is 1. The first kappa shape index (κ1) is 23.5. The molecule has 3 amide bonds. The zero-order valence-electron chi connectivity index (χ0n) is 19.5. The zero-order chi connectivity index (χ0) is 24.7. The number of ether oxygens (including phenoxy) is 1. The van der Waals surface area contributed by atoms with Crippen LogP contribution in [0.15, 0.2) is 18.2 Å². The van der Waals surface area contributed by atoms with Crippen LogP contribution in [0, 0.1) is 22.7 Å². The Morgan fingerprint density at radius 1 is 1.40 bits per heavy atom. The lowest BCUT2D eigenvalue weighted by atomic mass is 9.67. The van der Waals surface area contributed by atoms with Crippen molar-refractivity contribution in [2.45, 2.75) is 50.6 Å². The second kappa shape index (κ2) is 9.08. The number of H-pyrrole nitrogens is 1. The summed E-state index contributed by atoms with van der Waals surface area (Å²) in [5.74, 6) is -0.409. The number of nitrogens with one attached hydrogen (secondary N) is 3. The van der Waals surface area contributed by atoms with Crippen molar-refractivity contribution in [2.75, 3.05) is 20.2 Å². The van der Waals surface area contributed by atoms with Gasteiger partial charge in [-0.1, -0.05) is 18.0 Å². The van der Waals surface area contributed by atoms with Crippen molar-refractivity contribution in [2.24, 2.45) is 11.3 Å². The summed E-state index contributed by atoms with van der Waals surface area (Å²) in [6.07, 6.45) is 4.49. The van der Waals surface area contributed by atoms with E-state index in [1.165, 1.54) is 0 Å². The van der Waals surface area contributed by atoms with Gasteiger partial charge in [0.2, 0.25) is 11.8 Å². The summed E-state index contributed by atoms with van der Waals surface area (Å²) in [4.78, 5) is 43.7. The van der Waals surface area contributed by atoms with Gasteiger partial charge in [-0.25, -0.2) is 0 Å². The summed E-state index contributed by atoms with van der Waals surface area (Å²) in [5, 5.41) is 16.4. The third kappa shape index (κ3) is 4.20. The number of hydrogen-bond donors (Lipinski definition) is 3. The molecule has 1 aromatic heterocycles. The number of carbonyl (C=O) groups is 3. The molecule has 2 aliphatic heterocycles. The number of carbonyl (C=O) groups excluding carboxylic acids is 3. The van der Waals surface area contributed by atoms with Gasteiger partial charge in [-0.3, -0.25) is 14.4 Å². The highest BCUT2D eigenvalue weighted by atomic mass is 35.5. The fourth-order valence-corrected chi connectivity index (χ4v) is 5.93. The maximum absolute atomic E-state index is 13.7. The van der Waals surface area contributed by atoms with Crippen LogP contribution < -0.4 is 15.4 Å². The summed E-state index contributed by atoms with van der Waals surface area (Å²) >= 11 is 6.34. The van der Waals surface area contributed by atoms with Gasteiger partial charge in [0.1, 0.15) is 23.5 Å². The van der Waals surface area contributed by atoms with E-state index in [0.29, 0.717) is 53.3 Å². The lowest BCUT2D eigenvalue weighted by molar-refractivity contribution is -0.126. The quantitative estimate of drug-likeness (QED) is 0.565. The summed E-state index contributed by atoms with van der Waals surface area (Å²) in [7, 11) is 1.55.